The van der Waals surface area contributed by atoms with Gasteiger partial charge in [0.1, 0.15) is 11.4 Å². The molecule has 6 nitrogen and oxygen atoms in total. The first-order valence-electron chi connectivity index (χ1n) is 13.7. The number of ether oxygens (including phenoxy) is 1. The number of allylic oxidation sites excluding steroid dienone is 6. The van der Waals surface area contributed by atoms with E-state index in [9.17, 15) is 0 Å². The molecule has 1 aromatic carbocycles. The Hall–Kier alpha value is -2.76. The van der Waals surface area contributed by atoms with Crippen molar-refractivity contribution in [3.8, 4) is 0 Å². The maximum Gasteiger partial charge on any atom is 0.181 e. The Labute approximate surface area is 225 Å². The zero-order valence-corrected chi connectivity index (χ0v) is 25.6. The monoisotopic (exact) mass is 507 g/mol. The number of benzene rings is 1. The number of hydrogen-bond acceptors (Lipinski definition) is 6. The van der Waals surface area contributed by atoms with E-state index in [1.54, 1.807) is 0 Å². The smallest absolute Gasteiger partial charge is 0.181 e. The van der Waals surface area contributed by atoms with Gasteiger partial charge in [0.15, 0.2) is 5.72 Å². The Kier molecular flexibility index (Phi) is 6.79. The molecule has 0 aliphatic carbocycles. The van der Waals surface area contributed by atoms with Gasteiger partial charge in [0.2, 0.25) is 0 Å². The zero-order valence-electron chi connectivity index (χ0n) is 25.6. The van der Waals surface area contributed by atoms with Crippen LogP contribution in [0.2, 0.25) is 0 Å². The number of aryl methyl sites for hydroxylation is 2. The second-order valence-electron chi connectivity index (χ2n) is 12.3. The van der Waals surface area contributed by atoms with E-state index in [1.807, 2.05) is 0 Å². The Morgan fingerprint density at radius 1 is 0.730 bits per heavy atom. The quantitative estimate of drug-likeness (QED) is 0.426. The molecule has 0 unspecified atom stereocenters. The number of anilines is 1. The second-order valence-corrected chi connectivity index (χ2v) is 12.3. The molecular weight excluding hydrogens is 458 g/mol. The average molecular weight is 508 g/mol. The van der Waals surface area contributed by atoms with Crippen molar-refractivity contribution in [2.45, 2.75) is 101 Å². The van der Waals surface area contributed by atoms with Crippen molar-refractivity contribution in [3.63, 3.8) is 0 Å². The van der Waals surface area contributed by atoms with E-state index in [0.29, 0.717) is 0 Å². The summed E-state index contributed by atoms with van der Waals surface area (Å²) in [6, 6.07) is 4.73. The van der Waals surface area contributed by atoms with Crippen LogP contribution in [0.15, 0.2) is 46.4 Å². The average Bonchev–Trinajstić information content (AvgIpc) is 3.23. The first-order valence-corrected chi connectivity index (χ1v) is 13.7. The molecular formula is C31H49N5O. The molecule has 0 spiro atoms. The Morgan fingerprint density at radius 3 is 1.78 bits per heavy atom. The number of hydrogen-bond donors (Lipinski definition) is 0. The van der Waals surface area contributed by atoms with Gasteiger partial charge in [0.05, 0.1) is 18.1 Å². The van der Waals surface area contributed by atoms with E-state index in [4.69, 9.17) is 4.74 Å². The van der Waals surface area contributed by atoms with Crippen molar-refractivity contribution >= 4 is 5.69 Å². The van der Waals surface area contributed by atoms with Crippen LogP contribution in [0.4, 0.5) is 5.69 Å². The summed E-state index contributed by atoms with van der Waals surface area (Å²) in [6.07, 6.45) is 0. The minimum Gasteiger partial charge on any atom is -0.471 e. The summed E-state index contributed by atoms with van der Waals surface area (Å²) >= 11 is 0. The normalized spacial score (nSPS) is 21.4. The SMILES string of the molecule is CC1=C(C)N(c2c(C)cc(CN3CN(CCN4C(C)=C(C)N(C)C4(C)C)C(C)=C3C)cc2C)C(C)(C)O1. The molecule has 6 heteroatoms. The Morgan fingerprint density at radius 2 is 1.30 bits per heavy atom. The first-order chi connectivity index (χ1) is 17.1. The second kappa shape index (κ2) is 9.21. The highest BCUT2D eigenvalue weighted by Crippen LogP contribution is 2.42. The predicted octanol–water partition coefficient (Wildman–Crippen LogP) is 6.69. The summed E-state index contributed by atoms with van der Waals surface area (Å²) in [5, 5.41) is 0. The molecule has 37 heavy (non-hydrogen) atoms. The lowest BCUT2D eigenvalue weighted by Gasteiger charge is -2.41. The summed E-state index contributed by atoms with van der Waals surface area (Å²) in [6.45, 7) is 30.6. The molecule has 0 bridgehead atoms. The van der Waals surface area contributed by atoms with Crippen LogP contribution < -0.4 is 4.90 Å². The Bertz CT molecular complexity index is 1160. The largest absolute Gasteiger partial charge is 0.471 e. The minimum atomic E-state index is -0.373. The summed E-state index contributed by atoms with van der Waals surface area (Å²) in [7, 11) is 2.21. The van der Waals surface area contributed by atoms with Gasteiger partial charge >= 0.3 is 0 Å². The predicted molar refractivity (Wildman–Crippen MR) is 154 cm³/mol. The third kappa shape index (κ3) is 4.46. The van der Waals surface area contributed by atoms with Crippen molar-refractivity contribution in [1.29, 1.82) is 0 Å². The molecule has 0 fully saturated rings. The van der Waals surface area contributed by atoms with Crippen LogP contribution in [0.25, 0.3) is 0 Å². The van der Waals surface area contributed by atoms with Gasteiger partial charge in [0, 0.05) is 49.5 Å². The van der Waals surface area contributed by atoms with Gasteiger partial charge in [-0.25, -0.2) is 0 Å². The molecule has 3 heterocycles. The summed E-state index contributed by atoms with van der Waals surface area (Å²) in [4.78, 5) is 12.4. The van der Waals surface area contributed by atoms with Crippen LogP contribution in [-0.4, -0.2) is 57.8 Å². The summed E-state index contributed by atoms with van der Waals surface area (Å²) in [5.41, 5.74) is 11.6. The van der Waals surface area contributed by atoms with Crippen LogP contribution in [0.3, 0.4) is 0 Å². The molecule has 0 saturated carbocycles. The highest BCUT2D eigenvalue weighted by Gasteiger charge is 2.40. The number of nitrogens with zero attached hydrogens (tertiary/aromatic N) is 5. The standard InChI is InChI=1S/C31H49N5O/c1-20-16-28(17-21(2)29(20)36-26(7)27(8)37-31(36,11)12)18-34-19-33(23(4)24(34)5)14-15-35-25(6)22(3)32(13)30(35,9)10/h16-17H,14-15,18-19H2,1-13H3. The lowest BCUT2D eigenvalue weighted by atomic mass is 10.0. The van der Waals surface area contributed by atoms with Crippen molar-refractivity contribution < 1.29 is 4.74 Å². The number of rotatable bonds is 6. The van der Waals surface area contributed by atoms with Gasteiger partial charge in [-0.15, -0.1) is 0 Å². The molecule has 0 N–H and O–H groups in total. The van der Waals surface area contributed by atoms with Crippen molar-refractivity contribution in [2.24, 2.45) is 0 Å². The van der Waals surface area contributed by atoms with Gasteiger partial charge < -0.3 is 29.2 Å². The lowest BCUT2D eigenvalue weighted by molar-refractivity contribution is 0.0621. The summed E-state index contributed by atoms with van der Waals surface area (Å²) < 4.78 is 6.18. The topological polar surface area (TPSA) is 25.4 Å². The van der Waals surface area contributed by atoms with E-state index in [2.05, 4.69) is 127 Å². The lowest BCUT2D eigenvalue weighted by Crippen LogP contribution is -2.50. The van der Waals surface area contributed by atoms with Gasteiger partial charge in [-0.3, -0.25) is 0 Å². The van der Waals surface area contributed by atoms with Crippen molar-refractivity contribution in [3.05, 3.63) is 63.1 Å². The minimum absolute atomic E-state index is 0.0120. The van der Waals surface area contributed by atoms with E-state index in [-0.39, 0.29) is 11.4 Å². The van der Waals surface area contributed by atoms with Crippen LogP contribution in [0.5, 0.6) is 0 Å². The molecule has 0 amide bonds. The molecule has 204 valence electrons. The molecule has 0 radical (unpaired) electrons. The van der Waals surface area contributed by atoms with Crippen LogP contribution in [0, 0.1) is 13.8 Å². The van der Waals surface area contributed by atoms with Crippen LogP contribution >= 0.6 is 0 Å². The highest BCUT2D eigenvalue weighted by atomic mass is 16.5. The van der Waals surface area contributed by atoms with Gasteiger partial charge in [-0.1, -0.05) is 12.1 Å². The Balaban J connectivity index is 1.48. The molecule has 1 aromatic rings. The van der Waals surface area contributed by atoms with E-state index in [1.165, 1.54) is 50.9 Å². The van der Waals surface area contributed by atoms with E-state index in [0.717, 1.165) is 32.1 Å². The fourth-order valence-corrected chi connectivity index (χ4v) is 6.59. The third-order valence-electron chi connectivity index (χ3n) is 9.25. The first kappa shape index (κ1) is 27.3. The fourth-order valence-electron chi connectivity index (χ4n) is 6.59. The molecule has 3 aliphatic rings. The molecule has 4 rings (SSSR count). The van der Waals surface area contributed by atoms with Crippen LogP contribution in [0.1, 0.15) is 85.9 Å². The van der Waals surface area contributed by atoms with Gasteiger partial charge in [0.25, 0.3) is 0 Å². The van der Waals surface area contributed by atoms with E-state index >= 15 is 0 Å². The molecule has 0 aromatic heterocycles. The highest BCUT2D eigenvalue weighted by molar-refractivity contribution is 5.66. The van der Waals surface area contributed by atoms with Gasteiger partial charge in [-0.05, 0) is 99.8 Å². The van der Waals surface area contributed by atoms with Gasteiger partial charge in [-0.2, -0.15) is 0 Å². The summed E-state index contributed by atoms with van der Waals surface area (Å²) in [5.74, 6) is 1.01. The van der Waals surface area contributed by atoms with E-state index < -0.39 is 0 Å². The van der Waals surface area contributed by atoms with Crippen molar-refractivity contribution in [1.82, 2.24) is 19.6 Å². The maximum atomic E-state index is 6.18. The maximum absolute atomic E-state index is 6.18. The third-order valence-corrected chi connectivity index (χ3v) is 9.25. The van der Waals surface area contributed by atoms with Crippen molar-refractivity contribution in [2.75, 3.05) is 31.7 Å². The molecule has 0 saturated heterocycles. The molecule has 0 atom stereocenters. The fraction of sp³-hybridized carbons (Fsp3) is 0.613. The molecule has 3 aliphatic heterocycles. The zero-order chi connectivity index (χ0) is 27.6. The van der Waals surface area contributed by atoms with Crippen LogP contribution in [-0.2, 0) is 11.3 Å².